The lowest BCUT2D eigenvalue weighted by atomic mass is 9.83. The molecule has 0 saturated carbocycles. The van der Waals surface area contributed by atoms with E-state index < -0.39 is 42.1 Å². The molecule has 7 nitrogen and oxygen atoms in total. The van der Waals surface area contributed by atoms with Crippen LogP contribution in [0.4, 0.5) is 0 Å². The zero-order chi connectivity index (χ0) is 17.4. The molecule has 0 aromatic heterocycles. The van der Waals surface area contributed by atoms with Crippen LogP contribution in [0.15, 0.2) is 0 Å². The lowest BCUT2D eigenvalue weighted by molar-refractivity contribution is -0.153. The van der Waals surface area contributed by atoms with Gasteiger partial charge in [0.05, 0.1) is 25.4 Å². The lowest BCUT2D eigenvalue weighted by Gasteiger charge is -2.21. The van der Waals surface area contributed by atoms with Crippen molar-refractivity contribution in [2.24, 2.45) is 23.7 Å². The van der Waals surface area contributed by atoms with E-state index >= 15 is 0 Å². The number of aliphatic carboxylic acids is 2. The first-order chi connectivity index (χ1) is 10.1. The van der Waals surface area contributed by atoms with Crippen LogP contribution in [0.5, 0.6) is 0 Å². The van der Waals surface area contributed by atoms with Crippen LogP contribution >= 0.6 is 0 Å². The Kier molecular flexibility index (Phi) is 8.37. The van der Waals surface area contributed by atoms with E-state index in [1.807, 2.05) is 0 Å². The van der Waals surface area contributed by atoms with Gasteiger partial charge in [-0.15, -0.1) is 0 Å². The minimum Gasteiger partial charge on any atom is -0.481 e. The molecule has 2 unspecified atom stereocenters. The van der Waals surface area contributed by atoms with Gasteiger partial charge >= 0.3 is 17.9 Å². The summed E-state index contributed by atoms with van der Waals surface area (Å²) < 4.78 is 4.57. The van der Waals surface area contributed by atoms with Crippen LogP contribution in [0.1, 0.15) is 40.0 Å². The molecule has 0 heterocycles. The van der Waals surface area contributed by atoms with E-state index in [-0.39, 0.29) is 24.5 Å². The van der Waals surface area contributed by atoms with Gasteiger partial charge in [0.2, 0.25) is 0 Å². The van der Waals surface area contributed by atoms with Crippen molar-refractivity contribution in [1.82, 2.24) is 0 Å². The molecule has 0 aromatic carbocycles. The maximum absolute atomic E-state index is 12.0. The van der Waals surface area contributed by atoms with Crippen molar-refractivity contribution < 1.29 is 34.1 Å². The van der Waals surface area contributed by atoms with E-state index in [2.05, 4.69) is 4.74 Å². The minimum absolute atomic E-state index is 0.0520. The van der Waals surface area contributed by atoms with Crippen molar-refractivity contribution >= 4 is 23.7 Å². The third-order valence-corrected chi connectivity index (χ3v) is 3.70. The number of carbonyl (C=O) groups is 4. The molecule has 0 rings (SSSR count). The summed E-state index contributed by atoms with van der Waals surface area (Å²) in [4.78, 5) is 45.5. The van der Waals surface area contributed by atoms with E-state index in [4.69, 9.17) is 10.2 Å². The first-order valence-electron chi connectivity index (χ1n) is 7.14. The molecule has 0 spiro atoms. The molecular formula is C15H24O7. The number of carbonyl (C=O) groups excluding carboxylic acids is 2. The molecule has 7 heteroatoms. The number of Topliss-reactive ketones (excluding diaryl/α,β-unsaturated/α-hetero) is 1. The van der Waals surface area contributed by atoms with Gasteiger partial charge in [0, 0.05) is 12.8 Å². The number of carboxylic acid groups (broad SMARTS) is 2. The Labute approximate surface area is 129 Å². The molecule has 0 bridgehead atoms. The summed E-state index contributed by atoms with van der Waals surface area (Å²) in [5.41, 5.74) is 0. The van der Waals surface area contributed by atoms with Crippen molar-refractivity contribution in [3.8, 4) is 0 Å². The van der Waals surface area contributed by atoms with Gasteiger partial charge in [-0.2, -0.15) is 0 Å². The molecule has 0 aliphatic carbocycles. The van der Waals surface area contributed by atoms with E-state index in [9.17, 15) is 19.2 Å². The van der Waals surface area contributed by atoms with Crippen LogP contribution in [0.2, 0.25) is 0 Å². The standard InChI is InChI=1S/C15H24O7/c1-8(2)11(14(19)20)6-10(16)5-9(3)12(7-13(17)18)15(21)22-4/h8-9,11-12H,5-7H2,1-4H3,(H,17,18)(H,19,20)/t9?,11-,12?/m0/s1. The van der Waals surface area contributed by atoms with Gasteiger partial charge in [0.1, 0.15) is 5.78 Å². The maximum Gasteiger partial charge on any atom is 0.309 e. The highest BCUT2D eigenvalue weighted by Gasteiger charge is 2.31. The number of hydrogen-bond donors (Lipinski definition) is 2. The number of carboxylic acids is 2. The summed E-state index contributed by atoms with van der Waals surface area (Å²) in [6, 6.07) is 0. The highest BCUT2D eigenvalue weighted by Crippen LogP contribution is 2.24. The third kappa shape index (κ3) is 6.69. The first kappa shape index (κ1) is 20.1. The molecule has 3 atom stereocenters. The zero-order valence-electron chi connectivity index (χ0n) is 13.4. The molecular weight excluding hydrogens is 292 g/mol. The molecule has 2 N–H and O–H groups in total. The van der Waals surface area contributed by atoms with Crippen LogP contribution in [0.3, 0.4) is 0 Å². The van der Waals surface area contributed by atoms with Crippen molar-refractivity contribution in [3.05, 3.63) is 0 Å². The molecule has 0 radical (unpaired) electrons. The number of esters is 1. The number of ketones is 1. The van der Waals surface area contributed by atoms with Gasteiger partial charge in [-0.25, -0.2) is 0 Å². The molecule has 0 saturated heterocycles. The predicted octanol–water partition coefficient (Wildman–Crippen LogP) is 1.59. The monoisotopic (exact) mass is 316 g/mol. The summed E-state index contributed by atoms with van der Waals surface area (Å²) in [6.07, 6.45) is -0.602. The quantitative estimate of drug-likeness (QED) is 0.587. The first-order valence-corrected chi connectivity index (χ1v) is 7.14. The molecule has 0 aliphatic rings. The van der Waals surface area contributed by atoms with Gasteiger partial charge in [-0.1, -0.05) is 20.8 Å². The van der Waals surface area contributed by atoms with Crippen molar-refractivity contribution in [2.45, 2.75) is 40.0 Å². The van der Waals surface area contributed by atoms with Crippen LogP contribution in [-0.4, -0.2) is 41.0 Å². The van der Waals surface area contributed by atoms with Crippen molar-refractivity contribution in [3.63, 3.8) is 0 Å². The molecule has 0 aliphatic heterocycles. The maximum atomic E-state index is 12.0. The Morgan fingerprint density at radius 3 is 1.82 bits per heavy atom. The highest BCUT2D eigenvalue weighted by atomic mass is 16.5. The fourth-order valence-electron chi connectivity index (χ4n) is 2.29. The molecule has 0 amide bonds. The number of methoxy groups -OCH3 is 1. The Bertz CT molecular complexity index is 428. The summed E-state index contributed by atoms with van der Waals surface area (Å²) in [5.74, 6) is -5.59. The molecule has 0 fully saturated rings. The zero-order valence-corrected chi connectivity index (χ0v) is 13.4. The third-order valence-electron chi connectivity index (χ3n) is 3.70. The largest absolute Gasteiger partial charge is 0.481 e. The summed E-state index contributed by atoms with van der Waals surface area (Å²) in [5, 5.41) is 17.9. The summed E-state index contributed by atoms with van der Waals surface area (Å²) in [6.45, 7) is 5.03. The lowest BCUT2D eigenvalue weighted by Crippen LogP contribution is -2.29. The molecule has 0 aromatic rings. The van der Waals surface area contributed by atoms with Crippen LogP contribution in [0.25, 0.3) is 0 Å². The van der Waals surface area contributed by atoms with E-state index in [1.54, 1.807) is 20.8 Å². The fraction of sp³-hybridized carbons (Fsp3) is 0.733. The second-order valence-electron chi connectivity index (χ2n) is 5.84. The van der Waals surface area contributed by atoms with Gasteiger partial charge < -0.3 is 14.9 Å². The number of hydrogen-bond acceptors (Lipinski definition) is 5. The average Bonchev–Trinajstić information content (AvgIpc) is 2.40. The fourth-order valence-corrected chi connectivity index (χ4v) is 2.29. The van der Waals surface area contributed by atoms with Gasteiger partial charge in [0.25, 0.3) is 0 Å². The Hall–Kier alpha value is -1.92. The van der Waals surface area contributed by atoms with Crippen LogP contribution in [-0.2, 0) is 23.9 Å². The highest BCUT2D eigenvalue weighted by molar-refractivity contribution is 5.85. The Morgan fingerprint density at radius 1 is 0.909 bits per heavy atom. The minimum atomic E-state index is -1.15. The number of rotatable bonds is 10. The second kappa shape index (κ2) is 9.17. The summed E-state index contributed by atoms with van der Waals surface area (Å²) >= 11 is 0. The normalized spacial score (nSPS) is 15.0. The number of ether oxygens (including phenoxy) is 1. The SMILES string of the molecule is COC(=O)C(CC(=O)O)C(C)CC(=O)C[C@H](C(=O)O)C(C)C. The van der Waals surface area contributed by atoms with Crippen LogP contribution < -0.4 is 0 Å². The van der Waals surface area contributed by atoms with E-state index in [1.165, 1.54) is 0 Å². The van der Waals surface area contributed by atoms with Crippen molar-refractivity contribution in [1.29, 1.82) is 0 Å². The smallest absolute Gasteiger partial charge is 0.309 e. The van der Waals surface area contributed by atoms with E-state index in [0.717, 1.165) is 7.11 Å². The van der Waals surface area contributed by atoms with E-state index in [0.29, 0.717) is 0 Å². The van der Waals surface area contributed by atoms with Gasteiger partial charge in [0.15, 0.2) is 0 Å². The van der Waals surface area contributed by atoms with Crippen molar-refractivity contribution in [2.75, 3.05) is 7.11 Å². The Balaban J connectivity index is 4.80. The molecule has 22 heavy (non-hydrogen) atoms. The van der Waals surface area contributed by atoms with Crippen LogP contribution in [0, 0.1) is 23.7 Å². The summed E-state index contributed by atoms with van der Waals surface area (Å²) in [7, 11) is 1.16. The second-order valence-corrected chi connectivity index (χ2v) is 5.84. The topological polar surface area (TPSA) is 118 Å². The van der Waals surface area contributed by atoms with Gasteiger partial charge in [-0.3, -0.25) is 19.2 Å². The predicted molar refractivity (Wildman–Crippen MR) is 77.1 cm³/mol. The molecule has 126 valence electrons. The Morgan fingerprint density at radius 2 is 1.45 bits per heavy atom. The average molecular weight is 316 g/mol. The van der Waals surface area contributed by atoms with Gasteiger partial charge in [-0.05, 0) is 11.8 Å².